The number of hydrogen-bond donors (Lipinski definition) is 1. The number of likely N-dealkylation sites (tertiary alicyclic amines) is 2. The lowest BCUT2D eigenvalue weighted by molar-refractivity contribution is -0.141. The molecule has 2 heterocycles. The first kappa shape index (κ1) is 23.9. The van der Waals surface area contributed by atoms with Crippen LogP contribution in [0.5, 0.6) is 0 Å². The molecular formula is C28H27F2N3O3. The molecule has 0 unspecified atom stereocenters. The fraction of sp³-hybridized carbons (Fsp3) is 0.321. The zero-order valence-corrected chi connectivity index (χ0v) is 19.8. The summed E-state index contributed by atoms with van der Waals surface area (Å²) in [7, 11) is 0. The molecule has 3 aromatic rings. The van der Waals surface area contributed by atoms with Gasteiger partial charge in [0.1, 0.15) is 23.7 Å². The Bertz CT molecular complexity index is 1320. The van der Waals surface area contributed by atoms with E-state index in [0.717, 1.165) is 22.9 Å². The second-order valence-electron chi connectivity index (χ2n) is 9.33. The van der Waals surface area contributed by atoms with Crippen LogP contribution in [0.1, 0.15) is 41.6 Å². The first-order chi connectivity index (χ1) is 17.4. The van der Waals surface area contributed by atoms with Crippen LogP contribution >= 0.6 is 0 Å². The number of fused-ring (bicyclic) bond motifs is 1. The van der Waals surface area contributed by atoms with Gasteiger partial charge in [0, 0.05) is 36.8 Å². The van der Waals surface area contributed by atoms with E-state index in [1.165, 1.54) is 6.07 Å². The maximum atomic E-state index is 14.0. The highest BCUT2D eigenvalue weighted by molar-refractivity contribution is 6.08. The summed E-state index contributed by atoms with van der Waals surface area (Å²) in [6, 6.07) is 15.1. The lowest BCUT2D eigenvalue weighted by Crippen LogP contribution is -2.52. The van der Waals surface area contributed by atoms with Crippen molar-refractivity contribution < 1.29 is 23.2 Å². The first-order valence-electron chi connectivity index (χ1n) is 12.2. The van der Waals surface area contributed by atoms with Crippen molar-refractivity contribution in [3.05, 3.63) is 83.4 Å². The molecule has 6 nitrogen and oxygen atoms in total. The number of amides is 3. The minimum Gasteiger partial charge on any atom is -0.350 e. The van der Waals surface area contributed by atoms with Gasteiger partial charge < -0.3 is 15.1 Å². The van der Waals surface area contributed by atoms with Gasteiger partial charge in [-0.25, -0.2) is 8.78 Å². The Morgan fingerprint density at radius 1 is 0.861 bits per heavy atom. The van der Waals surface area contributed by atoms with Crippen molar-refractivity contribution in [1.82, 2.24) is 15.1 Å². The first-order valence-corrected chi connectivity index (χ1v) is 12.2. The summed E-state index contributed by atoms with van der Waals surface area (Å²) in [4.78, 5) is 43.2. The number of nitrogens with zero attached hydrogens (tertiary/aromatic N) is 2. The Morgan fingerprint density at radius 2 is 1.58 bits per heavy atom. The number of hydrogen-bond acceptors (Lipinski definition) is 3. The molecule has 2 aliphatic heterocycles. The Labute approximate surface area is 207 Å². The summed E-state index contributed by atoms with van der Waals surface area (Å²) >= 11 is 0. The summed E-state index contributed by atoms with van der Waals surface area (Å²) in [6.45, 7) is 0.806. The van der Waals surface area contributed by atoms with E-state index in [4.69, 9.17) is 0 Å². The van der Waals surface area contributed by atoms with Gasteiger partial charge in [0.2, 0.25) is 11.8 Å². The van der Waals surface area contributed by atoms with Crippen LogP contribution in [-0.2, 0) is 16.1 Å². The van der Waals surface area contributed by atoms with Crippen molar-refractivity contribution in [3.8, 4) is 0 Å². The fourth-order valence-electron chi connectivity index (χ4n) is 5.29. The minimum atomic E-state index is -0.733. The van der Waals surface area contributed by atoms with Crippen molar-refractivity contribution >= 4 is 28.5 Å². The van der Waals surface area contributed by atoms with Crippen LogP contribution in [0.25, 0.3) is 10.8 Å². The number of halogens is 2. The quantitative estimate of drug-likeness (QED) is 0.586. The second kappa shape index (κ2) is 10.0. The van der Waals surface area contributed by atoms with Crippen LogP contribution in [0.3, 0.4) is 0 Å². The van der Waals surface area contributed by atoms with E-state index in [-0.39, 0.29) is 29.8 Å². The molecule has 2 atom stereocenters. The molecule has 0 radical (unpaired) electrons. The molecule has 186 valence electrons. The summed E-state index contributed by atoms with van der Waals surface area (Å²) in [5.41, 5.74) is 0.730. The van der Waals surface area contributed by atoms with E-state index in [1.54, 1.807) is 15.9 Å². The van der Waals surface area contributed by atoms with Crippen molar-refractivity contribution in [3.63, 3.8) is 0 Å². The van der Waals surface area contributed by atoms with E-state index < -0.39 is 23.7 Å². The van der Waals surface area contributed by atoms with Gasteiger partial charge in [-0.15, -0.1) is 0 Å². The maximum Gasteiger partial charge on any atom is 0.255 e. The van der Waals surface area contributed by atoms with Gasteiger partial charge in [-0.1, -0.05) is 42.5 Å². The molecule has 3 amide bonds. The SMILES string of the molecule is O=C(NCc1ccc(F)cc1F)[C@@H]1CCCN1C(=O)[C@@H]1CCCN1C(=O)c1cccc2ccccc12. The van der Waals surface area contributed by atoms with Gasteiger partial charge in [0.15, 0.2) is 0 Å². The Morgan fingerprint density at radius 3 is 2.39 bits per heavy atom. The predicted octanol–water partition coefficient (Wildman–Crippen LogP) is 4.03. The van der Waals surface area contributed by atoms with Crippen molar-refractivity contribution in [1.29, 1.82) is 0 Å². The van der Waals surface area contributed by atoms with E-state index >= 15 is 0 Å². The van der Waals surface area contributed by atoms with Gasteiger partial charge in [0.05, 0.1) is 0 Å². The van der Waals surface area contributed by atoms with E-state index in [1.807, 2.05) is 36.4 Å². The molecule has 0 aromatic heterocycles. The van der Waals surface area contributed by atoms with Crippen LogP contribution < -0.4 is 5.32 Å². The lowest BCUT2D eigenvalue weighted by Gasteiger charge is -2.31. The fourth-order valence-corrected chi connectivity index (χ4v) is 5.29. The Balaban J connectivity index is 1.30. The molecule has 0 saturated carbocycles. The van der Waals surface area contributed by atoms with Gasteiger partial charge >= 0.3 is 0 Å². The van der Waals surface area contributed by atoms with Crippen LogP contribution in [0, 0.1) is 11.6 Å². The summed E-state index contributed by atoms with van der Waals surface area (Å²) in [5.74, 6) is -2.21. The second-order valence-corrected chi connectivity index (χ2v) is 9.33. The highest BCUT2D eigenvalue weighted by Crippen LogP contribution is 2.28. The smallest absolute Gasteiger partial charge is 0.255 e. The number of benzene rings is 3. The van der Waals surface area contributed by atoms with E-state index in [9.17, 15) is 23.2 Å². The highest BCUT2D eigenvalue weighted by Gasteiger charge is 2.42. The van der Waals surface area contributed by atoms with Crippen molar-refractivity contribution in [2.24, 2.45) is 0 Å². The third kappa shape index (κ3) is 4.55. The monoisotopic (exact) mass is 491 g/mol. The number of carbonyl (C=O) groups is 3. The normalized spacial score (nSPS) is 19.6. The largest absolute Gasteiger partial charge is 0.350 e. The molecule has 5 rings (SSSR count). The van der Waals surface area contributed by atoms with Gasteiger partial charge in [-0.05, 0) is 48.6 Å². The minimum absolute atomic E-state index is 0.0986. The van der Waals surface area contributed by atoms with Crippen LogP contribution in [0.15, 0.2) is 60.7 Å². The zero-order chi connectivity index (χ0) is 25.2. The van der Waals surface area contributed by atoms with Crippen molar-refractivity contribution in [2.45, 2.75) is 44.3 Å². The van der Waals surface area contributed by atoms with Crippen LogP contribution in [0.2, 0.25) is 0 Å². The number of nitrogens with one attached hydrogen (secondary N) is 1. The average molecular weight is 492 g/mol. The van der Waals surface area contributed by atoms with Crippen LogP contribution in [0.4, 0.5) is 8.78 Å². The Kier molecular flexibility index (Phi) is 6.67. The molecular weight excluding hydrogens is 464 g/mol. The molecule has 0 aliphatic carbocycles. The number of carbonyl (C=O) groups excluding carboxylic acids is 3. The average Bonchev–Trinajstić information content (AvgIpc) is 3.57. The molecule has 36 heavy (non-hydrogen) atoms. The summed E-state index contributed by atoms with van der Waals surface area (Å²) < 4.78 is 27.1. The van der Waals surface area contributed by atoms with Crippen LogP contribution in [-0.4, -0.2) is 52.7 Å². The number of rotatable bonds is 5. The summed E-state index contributed by atoms with van der Waals surface area (Å²) in [6.07, 6.45) is 2.41. The molecule has 3 aromatic carbocycles. The Hall–Kier alpha value is -3.81. The molecule has 2 fully saturated rings. The van der Waals surface area contributed by atoms with Gasteiger partial charge in [-0.3, -0.25) is 14.4 Å². The molecule has 1 N–H and O–H groups in total. The highest BCUT2D eigenvalue weighted by atomic mass is 19.1. The van der Waals surface area contributed by atoms with Gasteiger partial charge in [-0.2, -0.15) is 0 Å². The van der Waals surface area contributed by atoms with E-state index in [2.05, 4.69) is 5.32 Å². The maximum absolute atomic E-state index is 14.0. The molecule has 0 bridgehead atoms. The lowest BCUT2D eigenvalue weighted by atomic mass is 10.0. The molecule has 8 heteroatoms. The summed E-state index contributed by atoms with van der Waals surface area (Å²) in [5, 5.41) is 4.48. The van der Waals surface area contributed by atoms with E-state index in [0.29, 0.717) is 44.3 Å². The predicted molar refractivity (Wildman–Crippen MR) is 131 cm³/mol. The third-order valence-corrected chi connectivity index (χ3v) is 7.13. The van der Waals surface area contributed by atoms with Crippen molar-refractivity contribution in [2.75, 3.05) is 13.1 Å². The third-order valence-electron chi connectivity index (χ3n) is 7.13. The topological polar surface area (TPSA) is 69.7 Å². The molecule has 2 aliphatic rings. The zero-order valence-electron chi connectivity index (χ0n) is 19.8. The molecule has 0 spiro atoms. The standard InChI is InChI=1S/C28H27F2N3O3/c29-20-13-12-19(23(30)16-20)17-31-26(34)24-10-4-14-32(24)28(36)25-11-5-15-33(25)27(35)22-9-3-7-18-6-1-2-8-21(18)22/h1-3,6-9,12-13,16,24-25H,4-5,10-11,14-15,17H2,(H,31,34)/t24-,25-/m0/s1. The van der Waals surface area contributed by atoms with Gasteiger partial charge in [0.25, 0.3) is 5.91 Å². The molecule has 2 saturated heterocycles.